The van der Waals surface area contributed by atoms with Crippen molar-refractivity contribution in [1.29, 1.82) is 0 Å². The Kier molecular flexibility index (Phi) is 3.20. The van der Waals surface area contributed by atoms with Gasteiger partial charge in [0.05, 0.1) is 18.4 Å². The van der Waals surface area contributed by atoms with E-state index in [1.807, 2.05) is 0 Å². The maximum absolute atomic E-state index is 12.4. The predicted molar refractivity (Wildman–Crippen MR) is 74.2 cm³/mol. The van der Waals surface area contributed by atoms with Gasteiger partial charge in [0, 0.05) is 6.20 Å². The van der Waals surface area contributed by atoms with Crippen LogP contribution in [0.25, 0.3) is 0 Å². The topological polar surface area (TPSA) is 76.3 Å². The highest BCUT2D eigenvalue weighted by atomic mass is 16.2. The Labute approximate surface area is 118 Å². The first-order valence-electron chi connectivity index (χ1n) is 7.15. The van der Waals surface area contributed by atoms with Crippen molar-refractivity contribution in [3.63, 3.8) is 0 Å². The van der Waals surface area contributed by atoms with E-state index >= 15 is 0 Å². The number of nitrogen functional groups attached to an aromatic ring is 1. The summed E-state index contributed by atoms with van der Waals surface area (Å²) < 4.78 is 0. The average Bonchev–Trinajstić information content (AvgIpc) is 2.95. The molecule has 2 unspecified atom stereocenters. The fourth-order valence-electron chi connectivity index (χ4n) is 3.46. The summed E-state index contributed by atoms with van der Waals surface area (Å²) in [7, 11) is 0. The lowest BCUT2D eigenvalue weighted by Gasteiger charge is -2.17. The quantitative estimate of drug-likeness (QED) is 0.848. The summed E-state index contributed by atoms with van der Waals surface area (Å²) in [5, 5.41) is 0. The fourth-order valence-corrected chi connectivity index (χ4v) is 3.46. The molecule has 2 aliphatic rings. The number of rotatable bonds is 3. The number of pyridine rings is 1. The van der Waals surface area contributed by atoms with E-state index in [0.29, 0.717) is 18.3 Å². The standard InChI is InChI=1S/C15H19N3O2/c1-2-9-5-11-12(6-9)15(20)18(14(11)19)8-10-3-4-17-13(16)7-10/h3-4,7,9,11-12H,2,5-6,8H2,1H3,(H2,16,17). The highest BCUT2D eigenvalue weighted by molar-refractivity contribution is 6.05. The van der Waals surface area contributed by atoms with Crippen molar-refractivity contribution in [2.24, 2.45) is 17.8 Å². The second-order valence-corrected chi connectivity index (χ2v) is 5.81. The number of amides is 2. The van der Waals surface area contributed by atoms with Crippen LogP contribution in [-0.4, -0.2) is 21.7 Å². The van der Waals surface area contributed by atoms with E-state index in [1.165, 1.54) is 4.90 Å². The van der Waals surface area contributed by atoms with E-state index in [2.05, 4.69) is 11.9 Å². The van der Waals surface area contributed by atoms with Gasteiger partial charge in [0.1, 0.15) is 5.82 Å². The van der Waals surface area contributed by atoms with Crippen molar-refractivity contribution in [2.45, 2.75) is 32.7 Å². The third-order valence-electron chi connectivity index (χ3n) is 4.59. The van der Waals surface area contributed by atoms with E-state index in [-0.39, 0.29) is 23.7 Å². The summed E-state index contributed by atoms with van der Waals surface area (Å²) in [6.45, 7) is 2.44. The molecule has 1 aliphatic carbocycles. The number of hydrogen-bond acceptors (Lipinski definition) is 4. The minimum absolute atomic E-state index is 0.00802. The van der Waals surface area contributed by atoms with Gasteiger partial charge in [0.2, 0.25) is 11.8 Å². The van der Waals surface area contributed by atoms with E-state index in [4.69, 9.17) is 5.73 Å². The molecule has 2 heterocycles. The van der Waals surface area contributed by atoms with Crippen molar-refractivity contribution in [3.8, 4) is 0 Å². The number of nitrogens with two attached hydrogens (primary N) is 1. The van der Waals surface area contributed by atoms with Crippen LogP contribution in [0, 0.1) is 17.8 Å². The molecule has 0 bridgehead atoms. The molecule has 3 rings (SSSR count). The third kappa shape index (κ3) is 2.07. The van der Waals surface area contributed by atoms with Gasteiger partial charge in [-0.15, -0.1) is 0 Å². The van der Waals surface area contributed by atoms with Crippen molar-refractivity contribution >= 4 is 17.6 Å². The molecule has 1 aromatic rings. The van der Waals surface area contributed by atoms with Gasteiger partial charge in [0.25, 0.3) is 0 Å². The summed E-state index contributed by atoms with van der Waals surface area (Å²) in [5.41, 5.74) is 6.48. The molecule has 0 radical (unpaired) electrons. The lowest BCUT2D eigenvalue weighted by Crippen LogP contribution is -2.31. The lowest BCUT2D eigenvalue weighted by atomic mass is 10.00. The van der Waals surface area contributed by atoms with Gasteiger partial charge in [-0.25, -0.2) is 4.98 Å². The van der Waals surface area contributed by atoms with Crippen molar-refractivity contribution in [3.05, 3.63) is 23.9 Å². The second-order valence-electron chi connectivity index (χ2n) is 5.81. The second kappa shape index (κ2) is 4.89. The van der Waals surface area contributed by atoms with Gasteiger partial charge in [-0.1, -0.05) is 13.3 Å². The van der Waals surface area contributed by atoms with Crippen molar-refractivity contribution in [2.75, 3.05) is 5.73 Å². The summed E-state index contributed by atoms with van der Waals surface area (Å²) in [5.74, 6) is 0.736. The zero-order valence-corrected chi connectivity index (χ0v) is 11.6. The third-order valence-corrected chi connectivity index (χ3v) is 4.59. The molecule has 0 aromatic carbocycles. The molecule has 2 amide bonds. The van der Waals surface area contributed by atoms with Gasteiger partial charge >= 0.3 is 0 Å². The van der Waals surface area contributed by atoms with Crippen LogP contribution in [0.2, 0.25) is 0 Å². The molecular formula is C15H19N3O2. The Balaban J connectivity index is 1.77. The Morgan fingerprint density at radius 3 is 2.50 bits per heavy atom. The maximum atomic E-state index is 12.4. The zero-order chi connectivity index (χ0) is 14.3. The number of imide groups is 1. The first-order valence-corrected chi connectivity index (χ1v) is 7.15. The number of fused-ring (bicyclic) bond motifs is 1. The lowest BCUT2D eigenvalue weighted by molar-refractivity contribution is -0.141. The largest absolute Gasteiger partial charge is 0.384 e. The molecule has 1 aromatic heterocycles. The first-order chi connectivity index (χ1) is 9.60. The van der Waals surface area contributed by atoms with Crippen molar-refractivity contribution in [1.82, 2.24) is 9.88 Å². The maximum Gasteiger partial charge on any atom is 0.233 e. The molecule has 5 heteroatoms. The number of anilines is 1. The van der Waals surface area contributed by atoms with Crippen molar-refractivity contribution < 1.29 is 9.59 Å². The van der Waals surface area contributed by atoms with Crippen LogP contribution in [0.4, 0.5) is 5.82 Å². The van der Waals surface area contributed by atoms with Crippen LogP contribution in [0.5, 0.6) is 0 Å². The molecule has 0 spiro atoms. The number of aromatic nitrogens is 1. The smallest absolute Gasteiger partial charge is 0.233 e. The summed E-state index contributed by atoms with van der Waals surface area (Å²) in [6.07, 6.45) is 4.37. The summed E-state index contributed by atoms with van der Waals surface area (Å²) in [4.78, 5) is 30.1. The molecule has 106 valence electrons. The number of carbonyl (C=O) groups excluding carboxylic acids is 2. The fraction of sp³-hybridized carbons (Fsp3) is 0.533. The SMILES string of the molecule is CCC1CC2C(=O)N(Cc3ccnc(N)c3)C(=O)C2C1. The molecular weight excluding hydrogens is 254 g/mol. The number of nitrogens with zero attached hydrogens (tertiary/aromatic N) is 2. The van der Waals surface area contributed by atoms with Crippen LogP contribution in [0.15, 0.2) is 18.3 Å². The van der Waals surface area contributed by atoms with E-state index in [0.717, 1.165) is 24.8 Å². The Hall–Kier alpha value is -1.91. The molecule has 2 atom stereocenters. The minimum Gasteiger partial charge on any atom is -0.384 e. The zero-order valence-electron chi connectivity index (χ0n) is 11.6. The molecule has 2 N–H and O–H groups in total. The van der Waals surface area contributed by atoms with Gasteiger partial charge in [-0.05, 0) is 36.5 Å². The Morgan fingerprint density at radius 1 is 1.30 bits per heavy atom. The number of hydrogen-bond donors (Lipinski definition) is 1. The Morgan fingerprint density at radius 2 is 1.95 bits per heavy atom. The molecule has 1 aliphatic heterocycles. The monoisotopic (exact) mass is 273 g/mol. The van der Waals surface area contributed by atoms with Gasteiger partial charge in [0.15, 0.2) is 0 Å². The van der Waals surface area contributed by atoms with Crippen LogP contribution in [-0.2, 0) is 16.1 Å². The molecule has 1 saturated heterocycles. The predicted octanol–water partition coefficient (Wildman–Crippen LogP) is 1.59. The number of likely N-dealkylation sites (tertiary alicyclic amines) is 1. The Bertz CT molecular complexity index is 534. The molecule has 1 saturated carbocycles. The van der Waals surface area contributed by atoms with Gasteiger partial charge in [-0.3, -0.25) is 14.5 Å². The minimum atomic E-state index is -0.0911. The average molecular weight is 273 g/mol. The molecule has 2 fully saturated rings. The first kappa shape index (κ1) is 13.1. The normalized spacial score (nSPS) is 29.1. The van der Waals surface area contributed by atoms with Crippen LogP contribution >= 0.6 is 0 Å². The van der Waals surface area contributed by atoms with Crippen LogP contribution in [0.3, 0.4) is 0 Å². The highest BCUT2D eigenvalue weighted by Gasteiger charge is 2.51. The molecule has 5 nitrogen and oxygen atoms in total. The molecule has 20 heavy (non-hydrogen) atoms. The van der Waals surface area contributed by atoms with E-state index in [9.17, 15) is 9.59 Å². The summed E-state index contributed by atoms with van der Waals surface area (Å²) >= 11 is 0. The van der Waals surface area contributed by atoms with E-state index < -0.39 is 0 Å². The highest BCUT2D eigenvalue weighted by Crippen LogP contribution is 2.44. The van der Waals surface area contributed by atoms with Crippen LogP contribution in [0.1, 0.15) is 31.7 Å². The van der Waals surface area contributed by atoms with Gasteiger partial charge < -0.3 is 5.73 Å². The summed E-state index contributed by atoms with van der Waals surface area (Å²) in [6, 6.07) is 3.50. The number of carbonyl (C=O) groups is 2. The van der Waals surface area contributed by atoms with E-state index in [1.54, 1.807) is 18.3 Å². The van der Waals surface area contributed by atoms with Gasteiger partial charge in [-0.2, -0.15) is 0 Å². The van der Waals surface area contributed by atoms with Crippen LogP contribution < -0.4 is 5.73 Å².